The zero-order chi connectivity index (χ0) is 19.4. The van der Waals surface area contributed by atoms with Crippen LogP contribution in [0.25, 0.3) is 16.8 Å². The predicted octanol–water partition coefficient (Wildman–Crippen LogP) is 3.62. The Morgan fingerprint density at radius 1 is 1.22 bits per heavy atom. The Bertz CT molecular complexity index is 920. The third kappa shape index (κ3) is 4.21. The van der Waals surface area contributed by atoms with Crippen LogP contribution in [-0.4, -0.2) is 47.5 Å². The molecule has 2 aromatic rings. The molecule has 1 heterocycles. The molecule has 0 aliphatic carbocycles. The molecule has 3 rings (SSSR count). The molecule has 0 aromatic heterocycles. The molecule has 1 amide bonds. The standard InChI is InChI=1S/C20H19NO4S2/c1-13(19(23)25-11-10-24-2)21-18(22)17(27-20(21)26)12-15-8-5-7-14-6-3-4-9-16(14)15/h3-9,12-13H,10-11H2,1-2H3/b17-12-/t13-/m1/s1. The van der Waals surface area contributed by atoms with Crippen molar-refractivity contribution in [1.29, 1.82) is 0 Å². The molecule has 140 valence electrons. The zero-order valence-electron chi connectivity index (χ0n) is 15.0. The summed E-state index contributed by atoms with van der Waals surface area (Å²) in [5.41, 5.74) is 0.934. The summed E-state index contributed by atoms with van der Waals surface area (Å²) in [6.45, 7) is 2.05. The molecule has 1 aliphatic rings. The Kier molecular flexibility index (Phi) is 6.26. The Balaban J connectivity index is 1.83. The van der Waals surface area contributed by atoms with E-state index in [0.29, 0.717) is 15.8 Å². The number of ether oxygens (including phenoxy) is 2. The normalized spacial score (nSPS) is 17.0. The summed E-state index contributed by atoms with van der Waals surface area (Å²) in [4.78, 5) is 26.8. The number of thioether (sulfide) groups is 1. The first kappa shape index (κ1) is 19.5. The molecule has 1 aliphatic heterocycles. The number of nitrogens with zero attached hydrogens (tertiary/aromatic N) is 1. The Hall–Kier alpha value is -2.22. The van der Waals surface area contributed by atoms with Crippen molar-refractivity contribution in [2.45, 2.75) is 13.0 Å². The lowest BCUT2D eigenvalue weighted by Crippen LogP contribution is -2.42. The largest absolute Gasteiger partial charge is 0.462 e. The van der Waals surface area contributed by atoms with Crippen LogP contribution in [0.5, 0.6) is 0 Å². The summed E-state index contributed by atoms with van der Waals surface area (Å²) >= 11 is 6.53. The van der Waals surface area contributed by atoms with Gasteiger partial charge in [-0.2, -0.15) is 0 Å². The Morgan fingerprint density at radius 3 is 2.74 bits per heavy atom. The molecule has 1 atom stereocenters. The maximum absolute atomic E-state index is 12.8. The van der Waals surface area contributed by atoms with Crippen molar-refractivity contribution >= 4 is 57.0 Å². The first-order chi connectivity index (χ1) is 13.0. The molecule has 0 bridgehead atoms. The number of thiocarbonyl (C=S) groups is 1. The van der Waals surface area contributed by atoms with E-state index >= 15 is 0 Å². The van der Waals surface area contributed by atoms with Crippen LogP contribution in [-0.2, 0) is 19.1 Å². The van der Waals surface area contributed by atoms with E-state index < -0.39 is 12.0 Å². The highest BCUT2D eigenvalue weighted by Crippen LogP contribution is 2.35. The molecule has 0 saturated carbocycles. The number of rotatable bonds is 6. The second-order valence-electron chi connectivity index (χ2n) is 5.96. The van der Waals surface area contributed by atoms with Gasteiger partial charge in [-0.05, 0) is 29.3 Å². The van der Waals surface area contributed by atoms with Gasteiger partial charge in [0.05, 0.1) is 11.5 Å². The molecule has 27 heavy (non-hydrogen) atoms. The van der Waals surface area contributed by atoms with Crippen molar-refractivity contribution in [3.63, 3.8) is 0 Å². The quantitative estimate of drug-likeness (QED) is 0.319. The first-order valence-electron chi connectivity index (χ1n) is 8.43. The molecule has 7 heteroatoms. The SMILES string of the molecule is COCCOC(=O)[C@@H](C)N1C(=O)/C(=C/c2cccc3ccccc23)SC1=S. The van der Waals surface area contributed by atoms with E-state index in [9.17, 15) is 9.59 Å². The van der Waals surface area contributed by atoms with Gasteiger partial charge in [-0.1, -0.05) is 66.4 Å². The van der Waals surface area contributed by atoms with Crippen molar-refractivity contribution in [2.75, 3.05) is 20.3 Å². The van der Waals surface area contributed by atoms with Gasteiger partial charge in [-0.3, -0.25) is 9.69 Å². The summed E-state index contributed by atoms with van der Waals surface area (Å²) in [5, 5.41) is 2.15. The van der Waals surface area contributed by atoms with E-state index in [1.54, 1.807) is 6.92 Å². The number of benzene rings is 2. The van der Waals surface area contributed by atoms with Gasteiger partial charge < -0.3 is 9.47 Å². The topological polar surface area (TPSA) is 55.8 Å². The number of carbonyl (C=O) groups is 2. The molecule has 1 fully saturated rings. The summed E-state index contributed by atoms with van der Waals surface area (Å²) < 4.78 is 10.3. The fourth-order valence-corrected chi connectivity index (χ4v) is 4.19. The van der Waals surface area contributed by atoms with Gasteiger partial charge in [-0.25, -0.2) is 4.79 Å². The van der Waals surface area contributed by atoms with Crippen LogP contribution in [0.15, 0.2) is 47.4 Å². The highest BCUT2D eigenvalue weighted by Gasteiger charge is 2.38. The van der Waals surface area contributed by atoms with Gasteiger partial charge in [0.25, 0.3) is 5.91 Å². The minimum absolute atomic E-state index is 0.139. The maximum Gasteiger partial charge on any atom is 0.329 e. The van der Waals surface area contributed by atoms with Crippen molar-refractivity contribution < 1.29 is 19.1 Å². The number of esters is 1. The van der Waals surface area contributed by atoms with E-state index in [1.165, 1.54) is 23.8 Å². The summed E-state index contributed by atoms with van der Waals surface area (Å²) in [6, 6.07) is 13.1. The van der Waals surface area contributed by atoms with Crippen LogP contribution >= 0.6 is 24.0 Å². The monoisotopic (exact) mass is 401 g/mol. The van der Waals surface area contributed by atoms with Gasteiger partial charge in [0.2, 0.25) is 0 Å². The number of hydrogen-bond donors (Lipinski definition) is 0. The zero-order valence-corrected chi connectivity index (χ0v) is 16.6. The third-order valence-electron chi connectivity index (χ3n) is 4.19. The molecule has 1 saturated heterocycles. The van der Waals surface area contributed by atoms with E-state index in [2.05, 4.69) is 0 Å². The number of fused-ring (bicyclic) bond motifs is 1. The Labute approximate surface area is 167 Å². The lowest BCUT2D eigenvalue weighted by molar-refractivity contribution is -0.151. The first-order valence-corrected chi connectivity index (χ1v) is 9.66. The van der Waals surface area contributed by atoms with Crippen LogP contribution in [0.1, 0.15) is 12.5 Å². The highest BCUT2D eigenvalue weighted by molar-refractivity contribution is 8.26. The fourth-order valence-electron chi connectivity index (χ4n) is 2.78. The number of carbonyl (C=O) groups excluding carboxylic acids is 2. The van der Waals surface area contributed by atoms with Crippen LogP contribution in [0, 0.1) is 0 Å². The lowest BCUT2D eigenvalue weighted by atomic mass is 10.0. The van der Waals surface area contributed by atoms with Gasteiger partial charge in [0.1, 0.15) is 17.0 Å². The fraction of sp³-hybridized carbons (Fsp3) is 0.250. The molecular weight excluding hydrogens is 382 g/mol. The van der Waals surface area contributed by atoms with Gasteiger partial charge in [0, 0.05) is 7.11 Å². The van der Waals surface area contributed by atoms with E-state index in [1.807, 2.05) is 48.5 Å². The van der Waals surface area contributed by atoms with Gasteiger partial charge >= 0.3 is 5.97 Å². The second kappa shape index (κ2) is 8.65. The van der Waals surface area contributed by atoms with Crippen LogP contribution in [0.3, 0.4) is 0 Å². The highest BCUT2D eigenvalue weighted by atomic mass is 32.2. The molecule has 2 aromatic carbocycles. The van der Waals surface area contributed by atoms with Crippen molar-refractivity contribution in [3.05, 3.63) is 52.9 Å². The predicted molar refractivity (Wildman–Crippen MR) is 111 cm³/mol. The molecule has 0 spiro atoms. The number of amides is 1. The molecule has 0 N–H and O–H groups in total. The van der Waals surface area contributed by atoms with E-state index in [4.69, 9.17) is 21.7 Å². The maximum atomic E-state index is 12.8. The summed E-state index contributed by atoms with van der Waals surface area (Å²) in [6.07, 6.45) is 1.82. The third-order valence-corrected chi connectivity index (χ3v) is 5.52. The van der Waals surface area contributed by atoms with Crippen molar-refractivity contribution in [1.82, 2.24) is 4.90 Å². The van der Waals surface area contributed by atoms with E-state index in [-0.39, 0.29) is 12.5 Å². The summed E-state index contributed by atoms with van der Waals surface area (Å²) in [5.74, 6) is -0.788. The van der Waals surface area contributed by atoms with Crippen LogP contribution in [0.2, 0.25) is 0 Å². The number of hydrogen-bond acceptors (Lipinski definition) is 6. The second-order valence-corrected chi connectivity index (χ2v) is 7.63. The summed E-state index contributed by atoms with van der Waals surface area (Å²) in [7, 11) is 1.53. The molecule has 0 unspecified atom stereocenters. The van der Waals surface area contributed by atoms with E-state index in [0.717, 1.165) is 16.3 Å². The minimum atomic E-state index is -0.784. The van der Waals surface area contributed by atoms with Crippen molar-refractivity contribution in [3.8, 4) is 0 Å². The Morgan fingerprint density at radius 2 is 1.96 bits per heavy atom. The van der Waals surface area contributed by atoms with Crippen LogP contribution < -0.4 is 0 Å². The number of methoxy groups -OCH3 is 1. The minimum Gasteiger partial charge on any atom is -0.462 e. The average molecular weight is 402 g/mol. The lowest BCUT2D eigenvalue weighted by Gasteiger charge is -2.21. The van der Waals surface area contributed by atoms with Crippen LogP contribution in [0.4, 0.5) is 0 Å². The average Bonchev–Trinajstić information content (AvgIpc) is 2.95. The van der Waals surface area contributed by atoms with Crippen molar-refractivity contribution in [2.24, 2.45) is 0 Å². The van der Waals surface area contributed by atoms with Gasteiger partial charge in [0.15, 0.2) is 0 Å². The van der Waals surface area contributed by atoms with Gasteiger partial charge in [-0.15, -0.1) is 0 Å². The molecular formula is C20H19NO4S2. The molecule has 0 radical (unpaired) electrons. The smallest absolute Gasteiger partial charge is 0.329 e. The molecule has 5 nitrogen and oxygen atoms in total.